The van der Waals surface area contributed by atoms with Crippen molar-refractivity contribution in [2.24, 2.45) is 0 Å². The second-order valence-corrected chi connectivity index (χ2v) is 4.85. The Labute approximate surface area is 115 Å². The summed E-state index contributed by atoms with van der Waals surface area (Å²) in [7, 11) is 0. The SMILES string of the molecule is CCCNC(c1ncccn1)c1ccc(C)cc1C. The highest BCUT2D eigenvalue weighted by atomic mass is 15.0. The van der Waals surface area contributed by atoms with Gasteiger partial charge in [-0.05, 0) is 44.0 Å². The number of hydrogen-bond donors (Lipinski definition) is 1. The highest BCUT2D eigenvalue weighted by Crippen LogP contribution is 2.23. The van der Waals surface area contributed by atoms with Crippen molar-refractivity contribution in [3.8, 4) is 0 Å². The lowest BCUT2D eigenvalue weighted by Crippen LogP contribution is -2.25. The van der Waals surface area contributed by atoms with Gasteiger partial charge in [-0.25, -0.2) is 9.97 Å². The highest BCUT2D eigenvalue weighted by Gasteiger charge is 2.17. The maximum absolute atomic E-state index is 4.40. The standard InChI is InChI=1S/C16H21N3/c1-4-8-17-15(16-18-9-5-10-19-16)14-7-6-12(2)11-13(14)3/h5-7,9-11,15,17H,4,8H2,1-3H3. The molecule has 0 spiro atoms. The van der Waals surface area contributed by atoms with Crippen LogP contribution < -0.4 is 5.32 Å². The topological polar surface area (TPSA) is 37.8 Å². The van der Waals surface area contributed by atoms with Crippen LogP contribution in [0.2, 0.25) is 0 Å². The third-order valence-electron chi connectivity index (χ3n) is 3.18. The molecule has 1 heterocycles. The Morgan fingerprint density at radius 2 is 1.89 bits per heavy atom. The van der Waals surface area contributed by atoms with Crippen LogP contribution in [0.15, 0.2) is 36.7 Å². The molecule has 1 atom stereocenters. The first kappa shape index (κ1) is 13.7. The van der Waals surface area contributed by atoms with Crippen molar-refractivity contribution in [3.05, 3.63) is 59.2 Å². The zero-order valence-corrected chi connectivity index (χ0v) is 11.9. The van der Waals surface area contributed by atoms with Crippen molar-refractivity contribution in [2.45, 2.75) is 33.2 Å². The van der Waals surface area contributed by atoms with Crippen LogP contribution in [0.1, 0.15) is 41.9 Å². The lowest BCUT2D eigenvalue weighted by atomic mass is 9.98. The summed E-state index contributed by atoms with van der Waals surface area (Å²) in [5, 5.41) is 3.54. The molecular formula is C16H21N3. The monoisotopic (exact) mass is 255 g/mol. The smallest absolute Gasteiger partial charge is 0.149 e. The van der Waals surface area contributed by atoms with Gasteiger partial charge in [0, 0.05) is 12.4 Å². The van der Waals surface area contributed by atoms with E-state index >= 15 is 0 Å². The largest absolute Gasteiger partial charge is 0.304 e. The third kappa shape index (κ3) is 3.38. The summed E-state index contributed by atoms with van der Waals surface area (Å²) in [4.78, 5) is 8.80. The maximum Gasteiger partial charge on any atom is 0.149 e. The molecule has 1 aromatic carbocycles. The van der Waals surface area contributed by atoms with Crippen LogP contribution in [0.3, 0.4) is 0 Å². The van der Waals surface area contributed by atoms with Gasteiger partial charge in [0.25, 0.3) is 0 Å². The quantitative estimate of drug-likeness (QED) is 0.891. The number of rotatable bonds is 5. The summed E-state index contributed by atoms with van der Waals surface area (Å²) in [6.07, 6.45) is 4.69. The molecule has 100 valence electrons. The van der Waals surface area contributed by atoms with E-state index in [9.17, 15) is 0 Å². The molecule has 3 nitrogen and oxygen atoms in total. The number of nitrogens with one attached hydrogen (secondary N) is 1. The molecule has 3 heteroatoms. The van der Waals surface area contributed by atoms with Gasteiger partial charge in [-0.15, -0.1) is 0 Å². The molecule has 0 aliphatic heterocycles. The molecule has 19 heavy (non-hydrogen) atoms. The molecule has 0 bridgehead atoms. The van der Waals surface area contributed by atoms with Crippen LogP contribution in [0.25, 0.3) is 0 Å². The summed E-state index contributed by atoms with van der Waals surface area (Å²) >= 11 is 0. The summed E-state index contributed by atoms with van der Waals surface area (Å²) in [6.45, 7) is 7.38. The van der Waals surface area contributed by atoms with Crippen LogP contribution in [0, 0.1) is 13.8 Å². The zero-order chi connectivity index (χ0) is 13.7. The molecule has 1 aromatic heterocycles. The third-order valence-corrected chi connectivity index (χ3v) is 3.18. The fourth-order valence-corrected chi connectivity index (χ4v) is 2.24. The van der Waals surface area contributed by atoms with E-state index in [0.29, 0.717) is 0 Å². The van der Waals surface area contributed by atoms with Gasteiger partial charge in [-0.1, -0.05) is 30.7 Å². The van der Waals surface area contributed by atoms with Crippen molar-refractivity contribution in [1.82, 2.24) is 15.3 Å². The first-order valence-corrected chi connectivity index (χ1v) is 6.79. The van der Waals surface area contributed by atoms with Gasteiger partial charge in [0.05, 0.1) is 6.04 Å². The normalized spacial score (nSPS) is 12.4. The van der Waals surface area contributed by atoms with Crippen LogP contribution in [0.5, 0.6) is 0 Å². The minimum atomic E-state index is 0.0711. The number of nitrogens with zero attached hydrogens (tertiary/aromatic N) is 2. The molecule has 0 radical (unpaired) electrons. The van der Waals surface area contributed by atoms with Crippen LogP contribution in [-0.2, 0) is 0 Å². The van der Waals surface area contributed by atoms with Gasteiger partial charge in [-0.3, -0.25) is 0 Å². The van der Waals surface area contributed by atoms with E-state index < -0.39 is 0 Å². The second kappa shape index (κ2) is 6.43. The van der Waals surface area contributed by atoms with Crippen molar-refractivity contribution in [3.63, 3.8) is 0 Å². The molecule has 0 amide bonds. The van der Waals surface area contributed by atoms with Crippen molar-refractivity contribution in [2.75, 3.05) is 6.54 Å². The Hall–Kier alpha value is -1.74. The lowest BCUT2D eigenvalue weighted by molar-refractivity contribution is 0.569. The fourth-order valence-electron chi connectivity index (χ4n) is 2.24. The first-order chi connectivity index (χ1) is 9.22. The summed E-state index contributed by atoms with van der Waals surface area (Å²) < 4.78 is 0. The van der Waals surface area contributed by atoms with Crippen molar-refractivity contribution < 1.29 is 0 Å². The average molecular weight is 255 g/mol. The summed E-state index contributed by atoms with van der Waals surface area (Å²) in [5.41, 5.74) is 3.82. The Morgan fingerprint density at radius 1 is 1.16 bits per heavy atom. The fraction of sp³-hybridized carbons (Fsp3) is 0.375. The highest BCUT2D eigenvalue weighted by molar-refractivity contribution is 5.35. The van der Waals surface area contributed by atoms with Gasteiger partial charge in [0.2, 0.25) is 0 Å². The summed E-state index contributed by atoms with van der Waals surface area (Å²) in [6, 6.07) is 8.45. The molecule has 0 aliphatic carbocycles. The van der Waals surface area contributed by atoms with E-state index in [4.69, 9.17) is 0 Å². The van der Waals surface area contributed by atoms with E-state index in [2.05, 4.69) is 54.3 Å². The van der Waals surface area contributed by atoms with E-state index in [-0.39, 0.29) is 6.04 Å². The van der Waals surface area contributed by atoms with Crippen molar-refractivity contribution >= 4 is 0 Å². The maximum atomic E-state index is 4.40. The summed E-state index contributed by atoms with van der Waals surface area (Å²) in [5.74, 6) is 0.836. The molecule has 1 N–H and O–H groups in total. The van der Waals surface area contributed by atoms with Gasteiger partial charge in [0.1, 0.15) is 5.82 Å². The Balaban J connectivity index is 2.37. The number of benzene rings is 1. The number of hydrogen-bond acceptors (Lipinski definition) is 3. The van der Waals surface area contributed by atoms with Crippen LogP contribution >= 0.6 is 0 Å². The van der Waals surface area contributed by atoms with E-state index in [1.54, 1.807) is 12.4 Å². The minimum Gasteiger partial charge on any atom is -0.304 e. The second-order valence-electron chi connectivity index (χ2n) is 4.85. The average Bonchev–Trinajstić information content (AvgIpc) is 2.42. The van der Waals surface area contributed by atoms with Gasteiger partial charge < -0.3 is 5.32 Å². The van der Waals surface area contributed by atoms with Crippen LogP contribution in [-0.4, -0.2) is 16.5 Å². The molecule has 0 saturated carbocycles. The molecule has 0 saturated heterocycles. The zero-order valence-electron chi connectivity index (χ0n) is 11.9. The van der Waals surface area contributed by atoms with E-state index in [1.165, 1.54) is 16.7 Å². The van der Waals surface area contributed by atoms with Gasteiger partial charge in [-0.2, -0.15) is 0 Å². The van der Waals surface area contributed by atoms with E-state index in [0.717, 1.165) is 18.8 Å². The predicted octanol–water partition coefficient (Wildman–Crippen LogP) is 3.18. The predicted molar refractivity (Wildman–Crippen MR) is 78.1 cm³/mol. The Bertz CT molecular complexity index is 523. The first-order valence-electron chi connectivity index (χ1n) is 6.79. The van der Waals surface area contributed by atoms with Crippen molar-refractivity contribution in [1.29, 1.82) is 0 Å². The minimum absolute atomic E-state index is 0.0711. The molecule has 0 fully saturated rings. The number of aromatic nitrogens is 2. The van der Waals surface area contributed by atoms with E-state index in [1.807, 2.05) is 6.07 Å². The Kier molecular flexibility index (Phi) is 4.63. The molecule has 0 aliphatic rings. The van der Waals surface area contributed by atoms with Gasteiger partial charge >= 0.3 is 0 Å². The van der Waals surface area contributed by atoms with Crippen LogP contribution in [0.4, 0.5) is 0 Å². The molecular weight excluding hydrogens is 234 g/mol. The Morgan fingerprint density at radius 3 is 2.53 bits per heavy atom. The van der Waals surface area contributed by atoms with Gasteiger partial charge in [0.15, 0.2) is 0 Å². The number of aryl methyl sites for hydroxylation is 2. The molecule has 2 aromatic rings. The molecule has 2 rings (SSSR count). The molecule has 1 unspecified atom stereocenters. The lowest BCUT2D eigenvalue weighted by Gasteiger charge is -2.19.